The van der Waals surface area contributed by atoms with Crippen molar-refractivity contribution in [3.8, 4) is 0 Å². The number of sulfone groups is 1. The number of hydrogen-bond acceptors (Lipinski definition) is 6. The number of carbonyl (C=O) groups is 2. The number of hydrogen-bond donors (Lipinski definition) is 2. The molecule has 0 aromatic heterocycles. The zero-order valence-corrected chi connectivity index (χ0v) is 11.9. The van der Waals surface area contributed by atoms with E-state index in [1.807, 2.05) is 0 Å². The fraction of sp³-hybridized carbons (Fsp3) is 0.273. The molecule has 9 nitrogen and oxygen atoms in total. The molecule has 2 N–H and O–H groups in total. The van der Waals surface area contributed by atoms with E-state index in [1.165, 1.54) is 0 Å². The number of benzene rings is 1. The Bertz CT molecular complexity index is 711. The predicted molar refractivity (Wildman–Crippen MR) is 73.0 cm³/mol. The quantitative estimate of drug-likeness (QED) is 0.599. The fourth-order valence-electron chi connectivity index (χ4n) is 1.35. The number of amides is 1. The number of nitro benzene ring substituents is 1. The molecular formula is C11H12N2O7S. The molecule has 1 atom stereocenters. The molecule has 0 aliphatic carbocycles. The van der Waals surface area contributed by atoms with E-state index in [2.05, 4.69) is 5.32 Å². The highest BCUT2D eigenvalue weighted by atomic mass is 32.2. The number of nitro groups is 1. The third kappa shape index (κ3) is 3.99. The van der Waals surface area contributed by atoms with E-state index in [0.29, 0.717) is 0 Å². The van der Waals surface area contributed by atoms with Crippen molar-refractivity contribution >= 4 is 33.1 Å². The lowest BCUT2D eigenvalue weighted by Crippen LogP contribution is -2.32. The van der Waals surface area contributed by atoms with Gasteiger partial charge in [-0.05, 0) is 19.1 Å². The smallest absolute Gasteiger partial charge is 0.335 e. The van der Waals surface area contributed by atoms with Crippen molar-refractivity contribution in [1.82, 2.24) is 0 Å². The highest BCUT2D eigenvalue weighted by Crippen LogP contribution is 2.26. The van der Waals surface area contributed by atoms with Gasteiger partial charge in [-0.3, -0.25) is 14.9 Å². The highest BCUT2D eigenvalue weighted by Gasteiger charge is 2.26. The molecule has 0 saturated heterocycles. The lowest BCUT2D eigenvalue weighted by atomic mass is 10.1. The van der Waals surface area contributed by atoms with Gasteiger partial charge in [0.1, 0.15) is 10.9 Å². The minimum absolute atomic E-state index is 0.273. The number of rotatable bonds is 5. The van der Waals surface area contributed by atoms with Crippen LogP contribution in [-0.2, 0) is 14.6 Å². The summed E-state index contributed by atoms with van der Waals surface area (Å²) in [5, 5.41) is 20.4. The van der Waals surface area contributed by atoms with Crippen LogP contribution in [0.25, 0.3) is 0 Å². The Labute approximate surface area is 119 Å². The van der Waals surface area contributed by atoms with E-state index in [1.54, 1.807) is 0 Å². The van der Waals surface area contributed by atoms with Gasteiger partial charge in [0.05, 0.1) is 10.5 Å². The monoisotopic (exact) mass is 316 g/mol. The lowest BCUT2D eigenvalue weighted by Gasteiger charge is -2.11. The number of carbonyl (C=O) groups excluding carboxylic acids is 1. The van der Waals surface area contributed by atoms with Gasteiger partial charge < -0.3 is 10.4 Å². The van der Waals surface area contributed by atoms with Crippen LogP contribution in [0.3, 0.4) is 0 Å². The van der Waals surface area contributed by atoms with Crippen molar-refractivity contribution in [2.75, 3.05) is 11.6 Å². The molecule has 1 rings (SSSR count). The zero-order valence-electron chi connectivity index (χ0n) is 11.1. The van der Waals surface area contributed by atoms with Crippen molar-refractivity contribution in [1.29, 1.82) is 0 Å². The van der Waals surface area contributed by atoms with Crippen molar-refractivity contribution in [2.24, 2.45) is 0 Å². The summed E-state index contributed by atoms with van der Waals surface area (Å²) in [6, 6.07) is 2.88. The molecule has 21 heavy (non-hydrogen) atoms. The van der Waals surface area contributed by atoms with Gasteiger partial charge in [0.25, 0.3) is 5.69 Å². The molecule has 1 amide bonds. The molecule has 0 aliphatic rings. The highest BCUT2D eigenvalue weighted by molar-refractivity contribution is 7.92. The average Bonchev–Trinajstić information content (AvgIpc) is 2.36. The molecule has 0 bridgehead atoms. The third-order valence-electron chi connectivity index (χ3n) is 2.71. The van der Waals surface area contributed by atoms with E-state index >= 15 is 0 Å². The van der Waals surface area contributed by atoms with Crippen molar-refractivity contribution in [2.45, 2.75) is 12.2 Å². The first-order chi connectivity index (χ1) is 9.54. The zero-order chi connectivity index (χ0) is 16.4. The van der Waals surface area contributed by atoms with Gasteiger partial charge in [-0.15, -0.1) is 0 Å². The Hall–Kier alpha value is -2.49. The van der Waals surface area contributed by atoms with E-state index in [9.17, 15) is 28.1 Å². The first-order valence-corrected chi connectivity index (χ1v) is 7.51. The van der Waals surface area contributed by atoms with Crippen LogP contribution in [0.15, 0.2) is 18.2 Å². The maximum absolute atomic E-state index is 11.7. The molecule has 0 saturated carbocycles. The summed E-state index contributed by atoms with van der Waals surface area (Å²) in [5.74, 6) is -2.30. The summed E-state index contributed by atoms with van der Waals surface area (Å²) in [6.07, 6.45) is 0.860. The molecule has 10 heteroatoms. The van der Waals surface area contributed by atoms with Crippen LogP contribution in [0.5, 0.6) is 0 Å². The molecule has 0 heterocycles. The largest absolute Gasteiger partial charge is 0.478 e. The lowest BCUT2D eigenvalue weighted by molar-refractivity contribution is -0.384. The minimum atomic E-state index is -3.65. The van der Waals surface area contributed by atoms with Gasteiger partial charge in [0.15, 0.2) is 9.84 Å². The van der Waals surface area contributed by atoms with Crippen LogP contribution >= 0.6 is 0 Å². The van der Waals surface area contributed by atoms with Crippen molar-refractivity contribution in [3.63, 3.8) is 0 Å². The van der Waals surface area contributed by atoms with Gasteiger partial charge in [-0.2, -0.15) is 0 Å². The topological polar surface area (TPSA) is 144 Å². The van der Waals surface area contributed by atoms with Gasteiger partial charge in [0, 0.05) is 12.3 Å². The molecule has 0 radical (unpaired) electrons. The van der Waals surface area contributed by atoms with E-state index in [0.717, 1.165) is 31.4 Å². The molecular weight excluding hydrogens is 304 g/mol. The van der Waals surface area contributed by atoms with Crippen LogP contribution in [0.4, 0.5) is 11.4 Å². The van der Waals surface area contributed by atoms with E-state index < -0.39 is 37.6 Å². The standard InChI is InChI=1S/C11H12N2O7S/c1-6(21(2,19)20)10(14)12-8-4-3-7(11(15)16)5-9(8)13(17)18/h3-6H,1-2H3,(H,12,14)(H,15,16). The van der Waals surface area contributed by atoms with Gasteiger partial charge in [-0.25, -0.2) is 13.2 Å². The van der Waals surface area contributed by atoms with Crippen molar-refractivity contribution < 1.29 is 28.0 Å². The molecule has 114 valence electrons. The Kier molecular flexibility index (Phi) is 4.63. The molecule has 0 fully saturated rings. The van der Waals surface area contributed by atoms with Crippen LogP contribution < -0.4 is 5.32 Å². The average molecular weight is 316 g/mol. The van der Waals surface area contributed by atoms with Crippen LogP contribution in [0.1, 0.15) is 17.3 Å². The second-order valence-corrected chi connectivity index (χ2v) is 6.62. The Morgan fingerprint density at radius 1 is 1.38 bits per heavy atom. The van der Waals surface area contributed by atoms with Gasteiger partial charge in [-0.1, -0.05) is 0 Å². The third-order valence-corrected chi connectivity index (χ3v) is 4.21. The maximum Gasteiger partial charge on any atom is 0.335 e. The number of nitrogens with zero attached hydrogens (tertiary/aromatic N) is 1. The predicted octanol–water partition coefficient (Wildman–Crippen LogP) is 0.665. The first kappa shape index (κ1) is 16.6. The Morgan fingerprint density at radius 2 is 1.95 bits per heavy atom. The molecule has 1 aromatic rings. The van der Waals surface area contributed by atoms with Crippen molar-refractivity contribution in [3.05, 3.63) is 33.9 Å². The Balaban J connectivity index is 3.17. The number of nitrogens with one attached hydrogen (secondary N) is 1. The second-order valence-electron chi connectivity index (χ2n) is 4.26. The summed E-state index contributed by atoms with van der Waals surface area (Å²) >= 11 is 0. The molecule has 0 aliphatic heterocycles. The first-order valence-electron chi connectivity index (χ1n) is 5.55. The summed E-state index contributed by atoms with van der Waals surface area (Å²) in [6.45, 7) is 1.14. The summed E-state index contributed by atoms with van der Waals surface area (Å²) in [4.78, 5) is 32.5. The number of aromatic carboxylic acids is 1. The fourth-order valence-corrected chi connectivity index (χ4v) is 1.80. The van der Waals surface area contributed by atoms with Crippen LogP contribution in [0, 0.1) is 10.1 Å². The summed E-state index contributed by atoms with van der Waals surface area (Å²) in [5.41, 5.74) is -1.23. The SMILES string of the molecule is CC(C(=O)Nc1ccc(C(=O)O)cc1[N+](=O)[O-])S(C)(=O)=O. The molecule has 1 unspecified atom stereocenters. The second kappa shape index (κ2) is 5.87. The number of anilines is 1. The molecule has 1 aromatic carbocycles. The summed E-state index contributed by atoms with van der Waals surface area (Å²) in [7, 11) is -3.65. The summed E-state index contributed by atoms with van der Waals surface area (Å²) < 4.78 is 22.5. The molecule has 0 spiro atoms. The number of carboxylic acid groups (broad SMARTS) is 1. The van der Waals surface area contributed by atoms with E-state index in [-0.39, 0.29) is 11.3 Å². The van der Waals surface area contributed by atoms with Gasteiger partial charge in [0.2, 0.25) is 5.91 Å². The van der Waals surface area contributed by atoms with Crippen LogP contribution in [0.2, 0.25) is 0 Å². The minimum Gasteiger partial charge on any atom is -0.478 e. The van der Waals surface area contributed by atoms with Gasteiger partial charge >= 0.3 is 5.97 Å². The Morgan fingerprint density at radius 3 is 2.38 bits per heavy atom. The van der Waals surface area contributed by atoms with E-state index in [4.69, 9.17) is 5.11 Å². The maximum atomic E-state index is 11.7. The number of carboxylic acids is 1. The van der Waals surface area contributed by atoms with Crippen LogP contribution in [-0.4, -0.2) is 41.8 Å². The normalized spacial score (nSPS) is 12.5.